The van der Waals surface area contributed by atoms with Crippen molar-refractivity contribution in [2.24, 2.45) is 0 Å². The van der Waals surface area contributed by atoms with Gasteiger partial charge < -0.3 is 14.8 Å². The molecular formula is C16H13N5O3S. The third-order valence-electron chi connectivity index (χ3n) is 3.60. The summed E-state index contributed by atoms with van der Waals surface area (Å²) in [5.74, 6) is 0.459. The number of amides is 1. The Hall–Kier alpha value is -3.20. The van der Waals surface area contributed by atoms with E-state index < -0.39 is 0 Å². The molecule has 0 saturated heterocycles. The fourth-order valence-corrected chi connectivity index (χ4v) is 3.44. The Balaban J connectivity index is 1.63. The lowest BCUT2D eigenvalue weighted by Crippen LogP contribution is -2.12. The molecule has 4 aromatic rings. The van der Waals surface area contributed by atoms with Crippen molar-refractivity contribution in [1.82, 2.24) is 19.4 Å². The average Bonchev–Trinajstić information content (AvgIpc) is 3.19. The Morgan fingerprint density at radius 3 is 2.72 bits per heavy atom. The van der Waals surface area contributed by atoms with Crippen LogP contribution in [0, 0.1) is 0 Å². The van der Waals surface area contributed by atoms with Gasteiger partial charge in [0.05, 0.1) is 42.5 Å². The van der Waals surface area contributed by atoms with E-state index in [9.17, 15) is 4.79 Å². The fraction of sp³-hybridized carbons (Fsp3) is 0.125. The van der Waals surface area contributed by atoms with Crippen molar-refractivity contribution in [2.45, 2.75) is 0 Å². The molecule has 1 N–H and O–H groups in total. The van der Waals surface area contributed by atoms with Gasteiger partial charge in [0.15, 0.2) is 4.96 Å². The maximum absolute atomic E-state index is 12.4. The van der Waals surface area contributed by atoms with Crippen LogP contribution in [0.5, 0.6) is 11.8 Å². The molecule has 0 aliphatic carbocycles. The van der Waals surface area contributed by atoms with Crippen molar-refractivity contribution < 1.29 is 14.3 Å². The zero-order valence-electron chi connectivity index (χ0n) is 13.4. The molecule has 0 aliphatic heterocycles. The number of methoxy groups -OCH3 is 2. The molecular weight excluding hydrogens is 342 g/mol. The van der Waals surface area contributed by atoms with Gasteiger partial charge in [-0.2, -0.15) is 0 Å². The number of nitrogens with one attached hydrogen (secondary N) is 1. The number of hydrogen-bond donors (Lipinski definition) is 1. The molecule has 0 fully saturated rings. The molecule has 4 rings (SSSR count). The van der Waals surface area contributed by atoms with Crippen LogP contribution in [-0.4, -0.2) is 39.5 Å². The van der Waals surface area contributed by atoms with Crippen LogP contribution in [0.15, 0.2) is 36.8 Å². The van der Waals surface area contributed by atoms with Crippen LogP contribution < -0.4 is 14.8 Å². The molecule has 126 valence electrons. The number of ether oxygens (including phenoxy) is 2. The van der Waals surface area contributed by atoms with Gasteiger partial charge >= 0.3 is 6.01 Å². The second-order valence-corrected chi connectivity index (χ2v) is 6.14. The van der Waals surface area contributed by atoms with Crippen LogP contribution in [0.2, 0.25) is 0 Å². The number of benzene rings is 1. The first-order valence-electron chi connectivity index (χ1n) is 7.31. The van der Waals surface area contributed by atoms with Gasteiger partial charge in [-0.25, -0.2) is 15.0 Å². The third kappa shape index (κ3) is 2.74. The van der Waals surface area contributed by atoms with Crippen molar-refractivity contribution in [3.05, 3.63) is 42.5 Å². The number of carbonyl (C=O) groups excluding carboxylic acids is 1. The predicted octanol–water partition coefficient (Wildman–Crippen LogP) is 2.61. The summed E-state index contributed by atoms with van der Waals surface area (Å²) in [6, 6.07) is 6.01. The monoisotopic (exact) mass is 355 g/mol. The minimum atomic E-state index is -0.327. The zero-order valence-corrected chi connectivity index (χ0v) is 14.2. The molecule has 1 aromatic carbocycles. The van der Waals surface area contributed by atoms with Crippen LogP contribution in [-0.2, 0) is 0 Å². The number of hydrogen-bond acceptors (Lipinski definition) is 7. The summed E-state index contributed by atoms with van der Waals surface area (Å²) in [6.07, 6.45) is 4.66. The number of carbonyl (C=O) groups is 1. The van der Waals surface area contributed by atoms with Gasteiger partial charge in [-0.1, -0.05) is 11.3 Å². The first-order valence-corrected chi connectivity index (χ1v) is 8.12. The predicted molar refractivity (Wildman–Crippen MR) is 93.7 cm³/mol. The highest BCUT2D eigenvalue weighted by molar-refractivity contribution is 7.23. The molecule has 8 nitrogen and oxygen atoms in total. The first kappa shape index (κ1) is 15.3. The molecule has 0 bridgehead atoms. The van der Waals surface area contributed by atoms with E-state index in [2.05, 4.69) is 20.3 Å². The number of nitrogens with zero attached hydrogens (tertiary/aromatic N) is 4. The quantitative estimate of drug-likeness (QED) is 0.605. The van der Waals surface area contributed by atoms with Gasteiger partial charge in [0, 0.05) is 6.20 Å². The number of fused-ring (bicyclic) bond motifs is 3. The van der Waals surface area contributed by atoms with E-state index >= 15 is 0 Å². The van der Waals surface area contributed by atoms with Crippen molar-refractivity contribution in [1.29, 1.82) is 0 Å². The minimum Gasteiger partial charge on any atom is -0.497 e. The summed E-state index contributed by atoms with van der Waals surface area (Å²) in [5, 5.41) is 2.72. The van der Waals surface area contributed by atoms with E-state index in [4.69, 9.17) is 9.47 Å². The molecule has 3 aromatic heterocycles. The third-order valence-corrected chi connectivity index (χ3v) is 4.62. The second-order valence-electron chi connectivity index (χ2n) is 5.13. The Labute approximate surface area is 146 Å². The summed E-state index contributed by atoms with van der Waals surface area (Å²) >= 11 is 1.49. The van der Waals surface area contributed by atoms with Gasteiger partial charge in [-0.05, 0) is 18.2 Å². The number of anilines is 1. The zero-order chi connectivity index (χ0) is 17.4. The molecule has 0 saturated carbocycles. The van der Waals surface area contributed by atoms with Crippen molar-refractivity contribution in [3.8, 4) is 11.8 Å². The lowest BCUT2D eigenvalue weighted by atomic mass is 10.3. The lowest BCUT2D eigenvalue weighted by molar-refractivity contribution is 0.102. The lowest BCUT2D eigenvalue weighted by Gasteiger charge is -2.02. The van der Waals surface area contributed by atoms with Gasteiger partial charge in [0.1, 0.15) is 11.4 Å². The highest BCUT2D eigenvalue weighted by atomic mass is 32.1. The molecule has 9 heteroatoms. The molecule has 0 unspecified atom stereocenters. The fourth-order valence-electron chi connectivity index (χ4n) is 2.40. The van der Waals surface area contributed by atoms with Crippen LogP contribution in [0.3, 0.4) is 0 Å². The second kappa shape index (κ2) is 6.02. The number of aromatic nitrogens is 4. The largest absolute Gasteiger partial charge is 0.497 e. The maximum Gasteiger partial charge on any atom is 0.316 e. The molecule has 25 heavy (non-hydrogen) atoms. The number of imidazole rings is 1. The van der Waals surface area contributed by atoms with Crippen LogP contribution in [0.4, 0.5) is 5.69 Å². The SMILES string of the molecule is COc1ccc2c(c1)sc1nc(C(=O)Nc3cnc(OC)nc3)cn12. The van der Waals surface area contributed by atoms with E-state index in [1.165, 1.54) is 30.8 Å². The summed E-state index contributed by atoms with van der Waals surface area (Å²) < 4.78 is 13.0. The van der Waals surface area contributed by atoms with Gasteiger partial charge in [0.25, 0.3) is 5.91 Å². The van der Waals surface area contributed by atoms with E-state index in [0.29, 0.717) is 11.4 Å². The minimum absolute atomic E-state index is 0.238. The van der Waals surface area contributed by atoms with Gasteiger partial charge in [-0.3, -0.25) is 9.20 Å². The summed E-state index contributed by atoms with van der Waals surface area (Å²) in [5.41, 5.74) is 1.76. The number of rotatable bonds is 4. The standard InChI is InChI=1S/C16H13N5O3S/c1-23-10-3-4-12-13(5-10)25-16-20-11(8-21(12)16)14(22)19-9-6-17-15(24-2)18-7-9/h3-8H,1-2H3,(H,19,22). The highest BCUT2D eigenvalue weighted by Crippen LogP contribution is 2.29. The van der Waals surface area contributed by atoms with E-state index in [1.807, 2.05) is 22.6 Å². The summed E-state index contributed by atoms with van der Waals surface area (Å²) in [6.45, 7) is 0. The molecule has 0 aliphatic rings. The Bertz CT molecular complexity index is 1070. The Morgan fingerprint density at radius 2 is 2.00 bits per heavy atom. The van der Waals surface area contributed by atoms with Crippen molar-refractivity contribution in [3.63, 3.8) is 0 Å². The maximum atomic E-state index is 12.4. The molecule has 0 atom stereocenters. The topological polar surface area (TPSA) is 90.6 Å². The summed E-state index contributed by atoms with van der Waals surface area (Å²) in [4.78, 5) is 25.4. The smallest absolute Gasteiger partial charge is 0.316 e. The number of thiazole rings is 1. The Morgan fingerprint density at radius 1 is 1.20 bits per heavy atom. The van der Waals surface area contributed by atoms with E-state index in [0.717, 1.165) is 20.9 Å². The Kier molecular flexibility index (Phi) is 3.69. The molecule has 3 heterocycles. The van der Waals surface area contributed by atoms with Crippen LogP contribution >= 0.6 is 11.3 Å². The average molecular weight is 355 g/mol. The van der Waals surface area contributed by atoms with E-state index in [1.54, 1.807) is 13.3 Å². The van der Waals surface area contributed by atoms with Crippen molar-refractivity contribution in [2.75, 3.05) is 19.5 Å². The molecule has 1 amide bonds. The molecule has 0 spiro atoms. The first-order chi connectivity index (χ1) is 12.2. The normalized spacial score (nSPS) is 11.0. The van der Waals surface area contributed by atoms with Crippen molar-refractivity contribution >= 4 is 38.1 Å². The van der Waals surface area contributed by atoms with Crippen LogP contribution in [0.1, 0.15) is 10.5 Å². The highest BCUT2D eigenvalue weighted by Gasteiger charge is 2.15. The summed E-state index contributed by atoms with van der Waals surface area (Å²) in [7, 11) is 3.11. The molecule has 0 radical (unpaired) electrons. The van der Waals surface area contributed by atoms with E-state index in [-0.39, 0.29) is 11.9 Å². The van der Waals surface area contributed by atoms with Crippen LogP contribution in [0.25, 0.3) is 15.2 Å². The van der Waals surface area contributed by atoms with Gasteiger partial charge in [-0.15, -0.1) is 0 Å². The van der Waals surface area contributed by atoms with Gasteiger partial charge in [0.2, 0.25) is 0 Å².